The molecule has 19 heteroatoms. The van der Waals surface area contributed by atoms with Gasteiger partial charge in [-0.2, -0.15) is 0 Å². The molecule has 0 fully saturated rings. The van der Waals surface area contributed by atoms with Gasteiger partial charge >= 0.3 is 39.5 Å². The van der Waals surface area contributed by atoms with Crippen LogP contribution in [0.15, 0.2) is 0 Å². The molecule has 4 unspecified atom stereocenters. The maximum Gasteiger partial charge on any atom is 0.472 e. The summed E-state index contributed by atoms with van der Waals surface area (Å²) in [5.41, 5.74) is 0. The average molecular weight is 1630 g/mol. The van der Waals surface area contributed by atoms with E-state index >= 15 is 0 Å². The minimum atomic E-state index is -4.97. The molecule has 0 saturated heterocycles. The smallest absolute Gasteiger partial charge is 0.462 e. The van der Waals surface area contributed by atoms with E-state index in [1.807, 2.05) is 0 Å². The normalized spacial score (nSPS) is 14.2. The minimum Gasteiger partial charge on any atom is -0.462 e. The number of carbonyl (C=O) groups is 4. The van der Waals surface area contributed by atoms with Crippen LogP contribution in [0.4, 0.5) is 0 Å². The second-order valence-electron chi connectivity index (χ2n) is 34.4. The maximum atomic E-state index is 13.2. The highest BCUT2D eigenvalue weighted by molar-refractivity contribution is 7.47. The van der Waals surface area contributed by atoms with Gasteiger partial charge in [-0.25, -0.2) is 9.13 Å². The molecule has 0 aliphatic rings. The van der Waals surface area contributed by atoms with Gasteiger partial charge in [0, 0.05) is 25.7 Å². The van der Waals surface area contributed by atoms with Crippen LogP contribution in [-0.4, -0.2) is 96.7 Å². The molecule has 112 heavy (non-hydrogen) atoms. The van der Waals surface area contributed by atoms with E-state index in [-0.39, 0.29) is 25.7 Å². The van der Waals surface area contributed by atoms with Crippen molar-refractivity contribution in [1.82, 2.24) is 0 Å². The monoisotopic (exact) mass is 1630 g/mol. The Morgan fingerprint density at radius 3 is 0.679 bits per heavy atom. The Hall–Kier alpha value is -1.94. The number of rotatable bonds is 91. The summed E-state index contributed by atoms with van der Waals surface area (Å²) in [5.74, 6) is 0.436. The zero-order valence-corrected chi connectivity index (χ0v) is 75.9. The number of hydrogen-bond acceptors (Lipinski definition) is 15. The van der Waals surface area contributed by atoms with E-state index in [0.717, 1.165) is 108 Å². The summed E-state index contributed by atoms with van der Waals surface area (Å²) in [5, 5.41) is 10.7. The number of aliphatic hydroxyl groups excluding tert-OH is 1. The minimum absolute atomic E-state index is 0.108. The van der Waals surface area contributed by atoms with Gasteiger partial charge in [-0.15, -0.1) is 0 Å². The third kappa shape index (κ3) is 83.1. The third-order valence-electron chi connectivity index (χ3n) is 22.6. The lowest BCUT2D eigenvalue weighted by molar-refractivity contribution is -0.161. The molecule has 0 bridgehead atoms. The summed E-state index contributed by atoms with van der Waals surface area (Å²) < 4.78 is 69.2. The number of aliphatic hydroxyl groups is 1. The third-order valence-corrected chi connectivity index (χ3v) is 24.5. The van der Waals surface area contributed by atoms with Crippen LogP contribution in [0, 0.1) is 17.8 Å². The number of phosphoric ester groups is 2. The van der Waals surface area contributed by atoms with Crippen LogP contribution in [0.1, 0.15) is 498 Å². The molecule has 3 N–H and O–H groups in total. The molecule has 0 heterocycles. The van der Waals surface area contributed by atoms with Gasteiger partial charge in [0.05, 0.1) is 26.4 Å². The zero-order chi connectivity index (χ0) is 82.2. The number of unbranched alkanes of at least 4 members (excludes halogenated alkanes) is 57. The molecule has 17 nitrogen and oxygen atoms in total. The van der Waals surface area contributed by atoms with Crippen molar-refractivity contribution in [2.24, 2.45) is 17.8 Å². The molecule has 0 aromatic rings. The van der Waals surface area contributed by atoms with Crippen LogP contribution in [0.2, 0.25) is 0 Å². The van der Waals surface area contributed by atoms with Crippen molar-refractivity contribution in [2.45, 2.75) is 516 Å². The van der Waals surface area contributed by atoms with Gasteiger partial charge in [0.1, 0.15) is 19.3 Å². The molecule has 0 rings (SSSR count). The SMILES string of the molecule is CCCCCCCCCCCCCCCC(=O)OC[C@H](COP(=O)(O)OC[C@H](O)COP(=O)(O)OC[C@@H](COC(=O)CCCCCCCCCCCCCCCCCCC(C)C)OC(=O)CCCCCCCCCCCCCCCCCCCCC(C)CC)OC(=O)CCCCCCCCCCCCCCCCC(C)CC. The Morgan fingerprint density at radius 2 is 0.455 bits per heavy atom. The fraction of sp³-hybridized carbons (Fsp3) is 0.957. The van der Waals surface area contributed by atoms with Crippen molar-refractivity contribution >= 4 is 39.5 Å². The summed E-state index contributed by atoms with van der Waals surface area (Å²) in [7, 11) is -9.94. The molecule has 0 aliphatic carbocycles. The predicted molar refractivity (Wildman–Crippen MR) is 465 cm³/mol. The van der Waals surface area contributed by atoms with Crippen LogP contribution >= 0.6 is 15.6 Å². The maximum absolute atomic E-state index is 13.2. The van der Waals surface area contributed by atoms with Crippen LogP contribution < -0.4 is 0 Å². The molecule has 0 spiro atoms. The topological polar surface area (TPSA) is 237 Å². The fourth-order valence-electron chi connectivity index (χ4n) is 14.5. The van der Waals surface area contributed by atoms with E-state index in [1.54, 1.807) is 0 Å². The molecule has 666 valence electrons. The number of ether oxygens (including phenoxy) is 4. The van der Waals surface area contributed by atoms with E-state index in [1.165, 1.54) is 308 Å². The highest BCUT2D eigenvalue weighted by Crippen LogP contribution is 2.45. The molecular weight excluding hydrogens is 1450 g/mol. The Bertz CT molecular complexity index is 2150. The average Bonchev–Trinajstić information content (AvgIpc) is 0.897. The lowest BCUT2D eigenvalue weighted by atomic mass is 9.99. The van der Waals surface area contributed by atoms with E-state index in [4.69, 9.17) is 37.0 Å². The summed E-state index contributed by atoms with van der Waals surface area (Å²) in [6.45, 7) is 12.2. The predicted octanol–water partition coefficient (Wildman–Crippen LogP) is 28.8. The molecule has 0 amide bonds. The van der Waals surface area contributed by atoms with Crippen LogP contribution in [-0.2, 0) is 65.4 Å². The van der Waals surface area contributed by atoms with Gasteiger partial charge in [0.25, 0.3) is 0 Å². The van der Waals surface area contributed by atoms with Crippen molar-refractivity contribution in [3.63, 3.8) is 0 Å². The molecule has 0 aromatic carbocycles. The van der Waals surface area contributed by atoms with Gasteiger partial charge in [-0.3, -0.25) is 37.3 Å². The van der Waals surface area contributed by atoms with Crippen LogP contribution in [0.3, 0.4) is 0 Å². The highest BCUT2D eigenvalue weighted by Gasteiger charge is 2.31. The van der Waals surface area contributed by atoms with Crippen LogP contribution in [0.25, 0.3) is 0 Å². The van der Waals surface area contributed by atoms with Gasteiger partial charge in [0.2, 0.25) is 0 Å². The van der Waals surface area contributed by atoms with E-state index in [0.29, 0.717) is 25.7 Å². The number of phosphoric acid groups is 2. The summed E-state index contributed by atoms with van der Waals surface area (Å²) in [6.07, 6.45) is 76.2. The number of carbonyl (C=O) groups excluding carboxylic acids is 4. The van der Waals surface area contributed by atoms with E-state index in [9.17, 15) is 43.2 Å². The Kier molecular flexibility index (Phi) is 81.3. The molecule has 0 aromatic heterocycles. The van der Waals surface area contributed by atoms with E-state index < -0.39 is 97.5 Å². The fourth-order valence-corrected chi connectivity index (χ4v) is 16.1. The second kappa shape index (κ2) is 82.7. The molecule has 0 radical (unpaired) electrons. The first kappa shape index (κ1) is 110. The number of hydrogen-bond donors (Lipinski definition) is 3. The summed E-state index contributed by atoms with van der Waals surface area (Å²) >= 11 is 0. The molecular formula is C93H182O17P2. The standard InChI is InChI=1S/C93H182O17P2/c1-8-11-12-13-14-15-16-29-39-46-53-60-67-74-90(95)103-80-88(110-93(98)77-70-63-56-49-42-35-28-27-32-38-45-52-59-66-73-86(7)10-3)82-107-111(99,100)105-78-87(94)79-106-112(101,102)108-83-89(81-104-91(96)75-68-61-54-47-40-33-25-22-21-23-30-36-43-50-57-64-71-84(4)5)109-92(97)76-69-62-55-48-41-34-26-20-18-17-19-24-31-37-44-51-58-65-72-85(6)9-2/h84-89,94H,8-83H2,1-7H3,(H,99,100)(H,101,102)/t85?,86?,87-,88+,89+/m0/s1. The lowest BCUT2D eigenvalue weighted by Gasteiger charge is -2.21. The first-order chi connectivity index (χ1) is 54.3. The van der Waals surface area contributed by atoms with Crippen molar-refractivity contribution in [1.29, 1.82) is 0 Å². The van der Waals surface area contributed by atoms with Crippen LogP contribution in [0.5, 0.6) is 0 Å². The van der Waals surface area contributed by atoms with Crippen molar-refractivity contribution in [3.05, 3.63) is 0 Å². The first-order valence-electron chi connectivity index (χ1n) is 47.9. The second-order valence-corrected chi connectivity index (χ2v) is 37.3. The zero-order valence-electron chi connectivity index (χ0n) is 74.2. The van der Waals surface area contributed by atoms with Gasteiger partial charge in [-0.05, 0) is 43.4 Å². The quantitative estimate of drug-likeness (QED) is 0.0222. The Labute approximate surface area is 689 Å². The van der Waals surface area contributed by atoms with Crippen molar-refractivity contribution < 1.29 is 80.2 Å². The lowest BCUT2D eigenvalue weighted by Crippen LogP contribution is -2.30. The van der Waals surface area contributed by atoms with Gasteiger partial charge < -0.3 is 33.8 Å². The van der Waals surface area contributed by atoms with Crippen molar-refractivity contribution in [2.75, 3.05) is 39.6 Å². The first-order valence-corrected chi connectivity index (χ1v) is 50.9. The van der Waals surface area contributed by atoms with Crippen molar-refractivity contribution in [3.8, 4) is 0 Å². The largest absolute Gasteiger partial charge is 0.472 e. The summed E-state index contributed by atoms with van der Waals surface area (Å²) in [4.78, 5) is 73.5. The summed E-state index contributed by atoms with van der Waals surface area (Å²) in [6, 6.07) is 0. The number of esters is 4. The Morgan fingerprint density at radius 1 is 0.259 bits per heavy atom. The molecule has 0 saturated carbocycles. The highest BCUT2D eigenvalue weighted by atomic mass is 31.2. The molecule has 0 aliphatic heterocycles. The Balaban J connectivity index is 5.26. The van der Waals surface area contributed by atoms with Gasteiger partial charge in [0.15, 0.2) is 12.2 Å². The molecule has 7 atom stereocenters. The van der Waals surface area contributed by atoms with Gasteiger partial charge in [-0.1, -0.05) is 447 Å². The van der Waals surface area contributed by atoms with E-state index in [2.05, 4.69) is 48.5 Å².